The van der Waals surface area contributed by atoms with Crippen molar-refractivity contribution in [1.29, 1.82) is 0 Å². The lowest BCUT2D eigenvalue weighted by molar-refractivity contribution is -0.143. The molecule has 3 aliphatic carbocycles. The van der Waals surface area contributed by atoms with Crippen molar-refractivity contribution < 1.29 is 19.5 Å². The molecule has 2 N–H and O–H groups in total. The molecule has 150 valence electrons. The Bertz CT molecular complexity index is 589. The topological polar surface area (TPSA) is 86.7 Å². The van der Waals surface area contributed by atoms with E-state index in [0.29, 0.717) is 19.0 Å². The minimum Gasteiger partial charge on any atom is -0.481 e. The van der Waals surface area contributed by atoms with Crippen molar-refractivity contribution in [3.8, 4) is 0 Å². The van der Waals surface area contributed by atoms with Crippen LogP contribution in [0.5, 0.6) is 0 Å². The van der Waals surface area contributed by atoms with E-state index in [1.807, 2.05) is 4.90 Å². The fraction of sp³-hybridized carbons (Fsp3) is 0.857. The zero-order chi connectivity index (χ0) is 19.0. The van der Waals surface area contributed by atoms with Crippen molar-refractivity contribution in [3.63, 3.8) is 0 Å². The SMILES string of the molecule is O=C(NC1CCC(C(=O)N2C[C@H](C(=O)O)[C@@H](C3CC3)C2)CC1)C1CCCC1. The molecule has 4 aliphatic rings. The van der Waals surface area contributed by atoms with Gasteiger partial charge < -0.3 is 15.3 Å². The molecule has 2 atom stereocenters. The summed E-state index contributed by atoms with van der Waals surface area (Å²) in [4.78, 5) is 38.6. The minimum atomic E-state index is -0.750. The van der Waals surface area contributed by atoms with Gasteiger partial charge in [-0.25, -0.2) is 0 Å². The second-order valence-electron chi connectivity index (χ2n) is 9.23. The summed E-state index contributed by atoms with van der Waals surface area (Å²) in [6.45, 7) is 1.01. The molecule has 4 fully saturated rings. The van der Waals surface area contributed by atoms with E-state index in [2.05, 4.69) is 5.32 Å². The zero-order valence-electron chi connectivity index (χ0n) is 16.1. The first-order valence-electron chi connectivity index (χ1n) is 10.8. The molecule has 0 aromatic carbocycles. The predicted molar refractivity (Wildman–Crippen MR) is 99.8 cm³/mol. The summed E-state index contributed by atoms with van der Waals surface area (Å²) in [5.41, 5.74) is 0. The number of nitrogens with one attached hydrogen (secondary N) is 1. The van der Waals surface area contributed by atoms with Gasteiger partial charge in [0.1, 0.15) is 0 Å². The quantitative estimate of drug-likeness (QED) is 0.771. The monoisotopic (exact) mass is 376 g/mol. The van der Waals surface area contributed by atoms with Crippen LogP contribution < -0.4 is 5.32 Å². The van der Waals surface area contributed by atoms with Crippen LogP contribution in [0.1, 0.15) is 64.2 Å². The van der Waals surface area contributed by atoms with Gasteiger partial charge in [-0.05, 0) is 63.2 Å². The molecule has 0 unspecified atom stereocenters. The number of carboxylic acids is 1. The van der Waals surface area contributed by atoms with E-state index in [9.17, 15) is 19.5 Å². The third-order valence-corrected chi connectivity index (χ3v) is 7.37. The number of aliphatic carboxylic acids is 1. The van der Waals surface area contributed by atoms with Crippen LogP contribution in [-0.4, -0.2) is 46.9 Å². The molecule has 0 aromatic rings. The van der Waals surface area contributed by atoms with Crippen molar-refractivity contribution in [2.45, 2.75) is 70.3 Å². The first-order chi connectivity index (χ1) is 13.0. The number of likely N-dealkylation sites (tertiary alicyclic amines) is 1. The number of hydrogen-bond acceptors (Lipinski definition) is 3. The molecule has 0 bridgehead atoms. The summed E-state index contributed by atoms with van der Waals surface area (Å²) in [5, 5.41) is 12.7. The average Bonchev–Trinajstić information content (AvgIpc) is 3.19. The van der Waals surface area contributed by atoms with Crippen molar-refractivity contribution in [3.05, 3.63) is 0 Å². The molecule has 0 spiro atoms. The van der Waals surface area contributed by atoms with Gasteiger partial charge in [-0.2, -0.15) is 0 Å². The van der Waals surface area contributed by atoms with E-state index in [4.69, 9.17) is 0 Å². The van der Waals surface area contributed by atoms with Gasteiger partial charge in [-0.1, -0.05) is 12.8 Å². The zero-order valence-corrected chi connectivity index (χ0v) is 16.1. The van der Waals surface area contributed by atoms with Crippen LogP contribution >= 0.6 is 0 Å². The van der Waals surface area contributed by atoms with Crippen LogP contribution in [-0.2, 0) is 14.4 Å². The lowest BCUT2D eigenvalue weighted by Gasteiger charge is -2.31. The molecule has 6 heteroatoms. The third kappa shape index (κ3) is 4.14. The highest BCUT2D eigenvalue weighted by molar-refractivity contribution is 5.81. The Morgan fingerprint density at radius 3 is 2.07 bits per heavy atom. The van der Waals surface area contributed by atoms with E-state index in [1.165, 1.54) is 0 Å². The summed E-state index contributed by atoms with van der Waals surface area (Å²) in [6.07, 6.45) is 9.90. The maximum absolute atomic E-state index is 12.9. The summed E-state index contributed by atoms with van der Waals surface area (Å²) < 4.78 is 0. The fourth-order valence-corrected chi connectivity index (χ4v) is 5.52. The van der Waals surface area contributed by atoms with Gasteiger partial charge in [0.05, 0.1) is 5.92 Å². The maximum Gasteiger partial charge on any atom is 0.308 e. The molecule has 3 saturated carbocycles. The first-order valence-corrected chi connectivity index (χ1v) is 10.8. The van der Waals surface area contributed by atoms with Gasteiger partial charge in [0.15, 0.2) is 0 Å². The lowest BCUT2D eigenvalue weighted by atomic mass is 9.85. The van der Waals surface area contributed by atoms with Gasteiger partial charge >= 0.3 is 5.97 Å². The molecular formula is C21H32N2O4. The number of carbonyl (C=O) groups is 3. The fourth-order valence-electron chi connectivity index (χ4n) is 5.52. The first kappa shape index (κ1) is 18.8. The third-order valence-electron chi connectivity index (χ3n) is 7.37. The van der Waals surface area contributed by atoms with Gasteiger partial charge in [0, 0.05) is 31.0 Å². The molecule has 4 rings (SSSR count). The Morgan fingerprint density at radius 2 is 1.48 bits per heavy atom. The number of amides is 2. The van der Waals surface area contributed by atoms with Crippen molar-refractivity contribution in [2.75, 3.05) is 13.1 Å². The Balaban J connectivity index is 1.26. The smallest absolute Gasteiger partial charge is 0.308 e. The number of carbonyl (C=O) groups excluding carboxylic acids is 2. The van der Waals surface area contributed by atoms with E-state index in [1.54, 1.807) is 0 Å². The van der Waals surface area contributed by atoms with Crippen LogP contribution in [0.4, 0.5) is 0 Å². The van der Waals surface area contributed by atoms with E-state index in [0.717, 1.165) is 64.2 Å². The van der Waals surface area contributed by atoms with Crippen molar-refractivity contribution >= 4 is 17.8 Å². The van der Waals surface area contributed by atoms with Crippen molar-refractivity contribution in [2.24, 2.45) is 29.6 Å². The van der Waals surface area contributed by atoms with Crippen LogP contribution in [0, 0.1) is 29.6 Å². The minimum absolute atomic E-state index is 0.00275. The highest BCUT2D eigenvalue weighted by atomic mass is 16.4. The second-order valence-corrected chi connectivity index (χ2v) is 9.23. The molecule has 6 nitrogen and oxygen atoms in total. The van der Waals surface area contributed by atoms with Gasteiger partial charge in [0.25, 0.3) is 0 Å². The molecule has 2 amide bonds. The average molecular weight is 376 g/mol. The molecule has 0 aromatic heterocycles. The highest BCUT2D eigenvalue weighted by Crippen LogP contribution is 2.44. The van der Waals surface area contributed by atoms with Crippen LogP contribution in [0.2, 0.25) is 0 Å². The van der Waals surface area contributed by atoms with E-state index >= 15 is 0 Å². The largest absolute Gasteiger partial charge is 0.481 e. The molecular weight excluding hydrogens is 344 g/mol. The standard InChI is InChI=1S/C21H32N2O4/c24-19(14-3-1-2-4-14)22-16-9-7-15(8-10-16)20(25)23-11-17(13-5-6-13)18(12-23)21(26)27/h13-18H,1-12H2,(H,22,24)(H,26,27)/t15?,16?,17-,18+/m1/s1. The molecule has 0 radical (unpaired) electrons. The Kier molecular flexibility index (Phi) is 5.42. The molecule has 27 heavy (non-hydrogen) atoms. The number of rotatable bonds is 5. The van der Waals surface area contributed by atoms with Crippen molar-refractivity contribution in [1.82, 2.24) is 10.2 Å². The lowest BCUT2D eigenvalue weighted by Crippen LogP contribution is -2.43. The van der Waals surface area contributed by atoms with Gasteiger partial charge in [-0.15, -0.1) is 0 Å². The number of carboxylic acid groups (broad SMARTS) is 1. The molecule has 1 aliphatic heterocycles. The maximum atomic E-state index is 12.9. The Labute approximate surface area is 161 Å². The Morgan fingerprint density at radius 1 is 0.815 bits per heavy atom. The van der Waals surface area contributed by atoms with Crippen LogP contribution in [0.15, 0.2) is 0 Å². The highest BCUT2D eigenvalue weighted by Gasteiger charge is 2.47. The second kappa shape index (κ2) is 7.80. The number of nitrogens with zero attached hydrogens (tertiary/aromatic N) is 1. The van der Waals surface area contributed by atoms with E-state index in [-0.39, 0.29) is 41.5 Å². The summed E-state index contributed by atoms with van der Waals surface area (Å²) in [5.74, 6) is 0.0598. The summed E-state index contributed by atoms with van der Waals surface area (Å²) in [6, 6.07) is 0.201. The number of hydrogen-bond donors (Lipinski definition) is 2. The Hall–Kier alpha value is -1.59. The summed E-state index contributed by atoms with van der Waals surface area (Å²) in [7, 11) is 0. The predicted octanol–water partition coefficient (Wildman–Crippen LogP) is 2.42. The van der Waals surface area contributed by atoms with Gasteiger partial charge in [0.2, 0.25) is 11.8 Å². The summed E-state index contributed by atoms with van der Waals surface area (Å²) >= 11 is 0. The van der Waals surface area contributed by atoms with Crippen LogP contribution in [0.3, 0.4) is 0 Å². The molecule has 1 saturated heterocycles. The van der Waals surface area contributed by atoms with Gasteiger partial charge in [-0.3, -0.25) is 14.4 Å². The van der Waals surface area contributed by atoms with E-state index < -0.39 is 5.97 Å². The molecule has 1 heterocycles. The normalized spacial score (nSPS) is 34.6. The van der Waals surface area contributed by atoms with Crippen LogP contribution in [0.25, 0.3) is 0 Å².